The van der Waals surface area contributed by atoms with E-state index < -0.39 is 0 Å². The van der Waals surface area contributed by atoms with Gasteiger partial charge in [-0.3, -0.25) is 14.2 Å². The average molecular weight is 434 g/mol. The minimum Gasteiger partial charge on any atom is -0.496 e. The third-order valence-electron chi connectivity index (χ3n) is 5.13. The van der Waals surface area contributed by atoms with E-state index in [1.165, 1.54) is 10.9 Å². The van der Waals surface area contributed by atoms with Crippen molar-refractivity contribution >= 4 is 28.1 Å². The molecule has 0 fully saturated rings. The second kappa shape index (κ2) is 9.57. The quantitative estimate of drug-likeness (QED) is 0.420. The summed E-state index contributed by atoms with van der Waals surface area (Å²) in [5.74, 6) is 0.723. The van der Waals surface area contributed by atoms with Gasteiger partial charge in [0.2, 0.25) is 5.91 Å². The van der Waals surface area contributed by atoms with E-state index in [0.29, 0.717) is 24.0 Å². The van der Waals surface area contributed by atoms with Crippen LogP contribution in [-0.2, 0) is 24.4 Å². The van der Waals surface area contributed by atoms with Crippen molar-refractivity contribution in [2.75, 3.05) is 7.11 Å². The van der Waals surface area contributed by atoms with Gasteiger partial charge in [0.15, 0.2) is 0 Å². The van der Waals surface area contributed by atoms with E-state index in [1.54, 1.807) is 24.5 Å². The topological polar surface area (TPSA) is 64.4 Å². The van der Waals surface area contributed by atoms with Crippen LogP contribution in [0.2, 0.25) is 0 Å². The smallest absolute Gasteiger partial charge is 0.261 e. The predicted molar refractivity (Wildman–Crippen MR) is 122 cm³/mol. The number of carbonyl (C=O) groups is 1. The van der Waals surface area contributed by atoms with Gasteiger partial charge in [-0.05, 0) is 29.6 Å². The third kappa shape index (κ3) is 4.83. The Bertz CT molecular complexity index is 1230. The summed E-state index contributed by atoms with van der Waals surface area (Å²) in [4.78, 5) is 33.2. The van der Waals surface area contributed by atoms with E-state index in [0.717, 1.165) is 16.2 Å². The number of para-hydroxylation sites is 2. The molecule has 2 heterocycles. The molecule has 4 aromatic rings. The number of rotatable bonds is 8. The summed E-state index contributed by atoms with van der Waals surface area (Å²) in [6, 6.07) is 18.9. The van der Waals surface area contributed by atoms with Gasteiger partial charge in [0.05, 0.1) is 30.9 Å². The number of carbonyl (C=O) groups excluding carboxylic acids is 1. The molecule has 1 amide bonds. The van der Waals surface area contributed by atoms with Gasteiger partial charge in [0, 0.05) is 30.0 Å². The molecule has 0 radical (unpaired) electrons. The maximum atomic E-state index is 13.2. The zero-order chi connectivity index (χ0) is 21.6. The number of methoxy groups -OCH3 is 1. The summed E-state index contributed by atoms with van der Waals surface area (Å²) in [6.45, 7) is 1.23. The van der Waals surface area contributed by atoms with Gasteiger partial charge in [-0.1, -0.05) is 36.4 Å². The van der Waals surface area contributed by atoms with Crippen LogP contribution in [0.1, 0.15) is 16.9 Å². The third-order valence-corrected chi connectivity index (χ3v) is 5.99. The lowest BCUT2D eigenvalue weighted by molar-refractivity contribution is -0.132. The van der Waals surface area contributed by atoms with Crippen molar-refractivity contribution in [2.45, 2.75) is 26.1 Å². The van der Waals surface area contributed by atoms with Gasteiger partial charge in [-0.15, -0.1) is 11.3 Å². The monoisotopic (exact) mass is 433 g/mol. The lowest BCUT2D eigenvalue weighted by Gasteiger charge is -2.23. The number of amides is 1. The number of hydrogen-bond donors (Lipinski definition) is 0. The molecule has 0 saturated carbocycles. The lowest BCUT2D eigenvalue weighted by Crippen LogP contribution is -2.32. The highest BCUT2D eigenvalue weighted by Crippen LogP contribution is 2.22. The van der Waals surface area contributed by atoms with Crippen molar-refractivity contribution in [1.82, 2.24) is 14.5 Å². The molecule has 0 spiro atoms. The molecule has 0 saturated heterocycles. The summed E-state index contributed by atoms with van der Waals surface area (Å²) in [6.07, 6.45) is 1.72. The molecule has 2 aromatic heterocycles. The van der Waals surface area contributed by atoms with E-state index in [2.05, 4.69) is 4.98 Å². The second-order valence-electron chi connectivity index (χ2n) is 7.15. The molecule has 31 heavy (non-hydrogen) atoms. The van der Waals surface area contributed by atoms with Crippen LogP contribution in [0.5, 0.6) is 5.75 Å². The predicted octanol–water partition coefficient (Wildman–Crippen LogP) is 4.09. The summed E-state index contributed by atoms with van der Waals surface area (Å²) in [5.41, 5.74) is 1.47. The fourth-order valence-electron chi connectivity index (χ4n) is 3.50. The first-order chi connectivity index (χ1) is 15.2. The Kier molecular flexibility index (Phi) is 6.43. The molecule has 4 rings (SSSR count). The zero-order valence-corrected chi connectivity index (χ0v) is 18.0. The van der Waals surface area contributed by atoms with Crippen LogP contribution in [0, 0.1) is 0 Å². The molecule has 7 heteroatoms. The summed E-state index contributed by atoms with van der Waals surface area (Å²) in [7, 11) is 1.63. The summed E-state index contributed by atoms with van der Waals surface area (Å²) in [5, 5.41) is 2.56. The first kappa shape index (κ1) is 20.8. The van der Waals surface area contributed by atoms with Crippen molar-refractivity contribution in [1.29, 1.82) is 0 Å². The Morgan fingerprint density at radius 3 is 2.68 bits per heavy atom. The number of nitrogens with zero attached hydrogens (tertiary/aromatic N) is 3. The van der Waals surface area contributed by atoms with Crippen LogP contribution in [0.3, 0.4) is 0 Å². The van der Waals surface area contributed by atoms with E-state index in [9.17, 15) is 9.59 Å². The first-order valence-corrected chi connectivity index (χ1v) is 10.9. The molecule has 158 valence electrons. The molecule has 6 nitrogen and oxygen atoms in total. The van der Waals surface area contributed by atoms with Gasteiger partial charge < -0.3 is 9.64 Å². The van der Waals surface area contributed by atoms with E-state index in [4.69, 9.17) is 4.74 Å². The van der Waals surface area contributed by atoms with Crippen LogP contribution in [-0.4, -0.2) is 27.5 Å². The maximum Gasteiger partial charge on any atom is 0.261 e. The van der Waals surface area contributed by atoms with E-state index in [1.807, 2.05) is 64.9 Å². The highest BCUT2D eigenvalue weighted by Gasteiger charge is 2.17. The van der Waals surface area contributed by atoms with Crippen LogP contribution in [0.25, 0.3) is 10.9 Å². The molecular weight excluding hydrogens is 410 g/mol. The number of hydrogen-bond acceptors (Lipinski definition) is 5. The average Bonchev–Trinajstić information content (AvgIpc) is 3.32. The maximum absolute atomic E-state index is 13.2. The van der Waals surface area contributed by atoms with Gasteiger partial charge in [-0.25, -0.2) is 4.98 Å². The van der Waals surface area contributed by atoms with Crippen LogP contribution < -0.4 is 10.3 Å². The van der Waals surface area contributed by atoms with Crippen molar-refractivity contribution in [2.24, 2.45) is 0 Å². The van der Waals surface area contributed by atoms with E-state index in [-0.39, 0.29) is 24.4 Å². The number of aromatic nitrogens is 2. The molecule has 0 N–H and O–H groups in total. The number of ether oxygens (including phenoxy) is 1. The Morgan fingerprint density at radius 2 is 1.87 bits per heavy atom. The molecular formula is C24H23N3O3S. The number of benzene rings is 2. The van der Waals surface area contributed by atoms with Crippen molar-refractivity contribution in [3.8, 4) is 5.75 Å². The summed E-state index contributed by atoms with van der Waals surface area (Å²) >= 11 is 1.62. The Morgan fingerprint density at radius 1 is 1.06 bits per heavy atom. The molecule has 2 aromatic carbocycles. The molecule has 0 bridgehead atoms. The fraction of sp³-hybridized carbons (Fsp3) is 0.208. The number of aryl methyl sites for hydroxylation is 1. The fourth-order valence-corrected chi connectivity index (χ4v) is 4.22. The lowest BCUT2D eigenvalue weighted by atomic mass is 10.1. The van der Waals surface area contributed by atoms with Crippen LogP contribution in [0.4, 0.5) is 0 Å². The highest BCUT2D eigenvalue weighted by atomic mass is 32.1. The molecule has 0 unspecified atom stereocenters. The Hall–Kier alpha value is -3.45. The largest absolute Gasteiger partial charge is 0.496 e. The van der Waals surface area contributed by atoms with Gasteiger partial charge >= 0.3 is 0 Å². The number of thiophene rings is 1. The van der Waals surface area contributed by atoms with Crippen molar-refractivity contribution in [3.63, 3.8) is 0 Å². The van der Waals surface area contributed by atoms with Gasteiger partial charge in [0.25, 0.3) is 5.56 Å². The van der Waals surface area contributed by atoms with Crippen molar-refractivity contribution < 1.29 is 9.53 Å². The SMILES string of the molecule is COc1ccccc1CN(Cc1cccs1)C(=O)CCn1cnc2ccccc2c1=O. The van der Waals surface area contributed by atoms with Crippen LogP contribution in [0.15, 0.2) is 77.2 Å². The Labute approximate surface area is 184 Å². The minimum atomic E-state index is -0.132. The van der Waals surface area contributed by atoms with Crippen molar-refractivity contribution in [3.05, 3.63) is 93.2 Å². The highest BCUT2D eigenvalue weighted by molar-refractivity contribution is 7.09. The summed E-state index contributed by atoms with van der Waals surface area (Å²) < 4.78 is 6.96. The molecule has 0 aliphatic carbocycles. The first-order valence-electron chi connectivity index (χ1n) is 10.0. The zero-order valence-electron chi connectivity index (χ0n) is 17.2. The van der Waals surface area contributed by atoms with Gasteiger partial charge in [0.1, 0.15) is 5.75 Å². The van der Waals surface area contributed by atoms with Gasteiger partial charge in [-0.2, -0.15) is 0 Å². The standard InChI is InChI=1S/C24H23N3O3S/c1-30-22-11-5-2-7-18(22)15-27(16-19-8-6-14-31-19)23(28)12-13-26-17-25-21-10-4-3-9-20(21)24(26)29/h2-11,14,17H,12-13,15-16H2,1H3. The normalized spacial score (nSPS) is 10.9. The molecule has 0 aliphatic heterocycles. The minimum absolute atomic E-state index is 0.0284. The second-order valence-corrected chi connectivity index (χ2v) is 8.18. The Balaban J connectivity index is 1.53. The van der Waals surface area contributed by atoms with Crippen LogP contribution >= 0.6 is 11.3 Å². The molecule has 0 atom stereocenters. The molecule has 0 aliphatic rings. The number of fused-ring (bicyclic) bond motifs is 1. The van der Waals surface area contributed by atoms with E-state index >= 15 is 0 Å².